The van der Waals surface area contributed by atoms with Crippen LogP contribution in [0, 0.1) is 11.7 Å². The highest BCUT2D eigenvalue weighted by molar-refractivity contribution is 7.89. The van der Waals surface area contributed by atoms with Crippen LogP contribution in [0.15, 0.2) is 77.7 Å². The number of nitrogens with one attached hydrogen (secondary N) is 2. The number of carbonyl (C=O) groups excluding carboxylic acids is 1. The van der Waals surface area contributed by atoms with Gasteiger partial charge >= 0.3 is 0 Å². The smallest absolute Gasteiger partial charge is 0.240 e. The lowest BCUT2D eigenvalue weighted by Gasteiger charge is -2.29. The molecule has 0 aromatic heterocycles. The minimum Gasteiger partial charge on any atom is -0.349 e. The summed E-state index contributed by atoms with van der Waals surface area (Å²) in [5.41, 5.74) is 9.57. The molecule has 0 bridgehead atoms. The fourth-order valence-corrected chi connectivity index (χ4v) is 6.09. The largest absolute Gasteiger partial charge is 0.349 e. The summed E-state index contributed by atoms with van der Waals surface area (Å²) >= 11 is 0. The standard InChI is InChI=1S/C29H34FN3O3S/c1-20(22-6-12-26(30)13-7-22)32-29(34)25-8-14-27(15-9-25)33-37(35,36)28-16-10-24(11-17-28)23-4-2-21(3-5-23)18-19-31/h2-7,10-13,16-17,20,25,27,33H,8-9,14-15,18-19,31H2,1H3,(H,32,34)/t20-,25?,27?/m1/s1. The van der Waals surface area contributed by atoms with Gasteiger partial charge in [0.1, 0.15) is 5.82 Å². The molecule has 196 valence electrons. The van der Waals surface area contributed by atoms with E-state index in [0.29, 0.717) is 32.2 Å². The van der Waals surface area contributed by atoms with E-state index >= 15 is 0 Å². The van der Waals surface area contributed by atoms with Gasteiger partial charge in [-0.3, -0.25) is 4.79 Å². The van der Waals surface area contributed by atoms with Gasteiger partial charge < -0.3 is 11.1 Å². The number of halogens is 1. The van der Waals surface area contributed by atoms with E-state index in [1.54, 1.807) is 24.3 Å². The second-order valence-electron chi connectivity index (χ2n) is 9.71. The Morgan fingerprint density at radius 1 is 0.919 bits per heavy atom. The van der Waals surface area contributed by atoms with Gasteiger partial charge in [0.2, 0.25) is 15.9 Å². The topological polar surface area (TPSA) is 101 Å². The van der Waals surface area contributed by atoms with Gasteiger partial charge in [-0.05, 0) is 92.1 Å². The summed E-state index contributed by atoms with van der Waals surface area (Å²) in [7, 11) is -3.66. The first-order chi connectivity index (χ1) is 17.7. The molecule has 0 heterocycles. The Morgan fingerprint density at radius 2 is 1.49 bits per heavy atom. The number of sulfonamides is 1. The predicted molar refractivity (Wildman–Crippen MR) is 144 cm³/mol. The maximum atomic E-state index is 13.1. The summed E-state index contributed by atoms with van der Waals surface area (Å²) in [5.74, 6) is -0.531. The van der Waals surface area contributed by atoms with Crippen LogP contribution in [0.5, 0.6) is 0 Å². The van der Waals surface area contributed by atoms with E-state index in [-0.39, 0.29) is 34.6 Å². The Morgan fingerprint density at radius 3 is 2.05 bits per heavy atom. The van der Waals surface area contributed by atoms with E-state index in [4.69, 9.17) is 5.73 Å². The second kappa shape index (κ2) is 12.0. The minimum atomic E-state index is -3.66. The summed E-state index contributed by atoms with van der Waals surface area (Å²) in [6.07, 6.45) is 3.22. The van der Waals surface area contributed by atoms with E-state index < -0.39 is 10.0 Å². The molecule has 37 heavy (non-hydrogen) atoms. The molecule has 1 aliphatic carbocycles. The molecule has 4 rings (SSSR count). The molecule has 3 aromatic carbocycles. The van der Waals surface area contributed by atoms with Crippen LogP contribution < -0.4 is 15.8 Å². The van der Waals surface area contributed by atoms with Gasteiger partial charge in [-0.2, -0.15) is 0 Å². The van der Waals surface area contributed by atoms with Gasteiger partial charge in [-0.1, -0.05) is 48.5 Å². The van der Waals surface area contributed by atoms with E-state index in [2.05, 4.69) is 10.0 Å². The average Bonchev–Trinajstić information content (AvgIpc) is 2.90. The normalized spacial score (nSPS) is 18.8. The third-order valence-electron chi connectivity index (χ3n) is 7.03. The molecule has 0 unspecified atom stereocenters. The SMILES string of the molecule is C[C@@H](NC(=O)C1CCC(NS(=O)(=O)c2ccc(-c3ccc(CCN)cc3)cc2)CC1)c1ccc(F)cc1. The summed E-state index contributed by atoms with van der Waals surface area (Å²) in [4.78, 5) is 13.0. The van der Waals surface area contributed by atoms with Crippen LogP contribution >= 0.6 is 0 Å². The third kappa shape index (κ3) is 7.03. The van der Waals surface area contributed by atoms with Crippen LogP contribution in [0.2, 0.25) is 0 Å². The van der Waals surface area contributed by atoms with E-state index in [0.717, 1.165) is 23.1 Å². The first-order valence-electron chi connectivity index (χ1n) is 12.7. The molecule has 8 heteroatoms. The highest BCUT2D eigenvalue weighted by Gasteiger charge is 2.29. The zero-order chi connectivity index (χ0) is 26.4. The molecule has 1 amide bonds. The average molecular weight is 524 g/mol. The van der Waals surface area contributed by atoms with Gasteiger partial charge in [-0.25, -0.2) is 17.5 Å². The van der Waals surface area contributed by atoms with Crippen molar-refractivity contribution >= 4 is 15.9 Å². The maximum Gasteiger partial charge on any atom is 0.240 e. The van der Waals surface area contributed by atoms with Crippen molar-refractivity contribution in [3.8, 4) is 11.1 Å². The predicted octanol–water partition coefficient (Wildman–Crippen LogP) is 4.71. The molecule has 1 atom stereocenters. The van der Waals surface area contributed by atoms with E-state index in [1.807, 2.05) is 43.3 Å². The van der Waals surface area contributed by atoms with Crippen LogP contribution in [-0.2, 0) is 21.2 Å². The Balaban J connectivity index is 1.29. The first-order valence-corrected chi connectivity index (χ1v) is 14.2. The van der Waals surface area contributed by atoms with Crippen LogP contribution in [0.3, 0.4) is 0 Å². The molecule has 0 aliphatic heterocycles. The fraction of sp³-hybridized carbons (Fsp3) is 0.345. The van der Waals surface area contributed by atoms with Crippen molar-refractivity contribution in [2.45, 2.75) is 56.0 Å². The molecule has 1 saturated carbocycles. The number of hydrogen-bond donors (Lipinski definition) is 3. The third-order valence-corrected chi connectivity index (χ3v) is 8.57. The van der Waals surface area contributed by atoms with Gasteiger partial charge in [0.15, 0.2) is 0 Å². The Bertz CT molecular complexity index is 1290. The quantitative estimate of drug-likeness (QED) is 0.378. The van der Waals surface area contributed by atoms with Crippen molar-refractivity contribution in [2.75, 3.05) is 6.54 Å². The number of amides is 1. The lowest BCUT2D eigenvalue weighted by Crippen LogP contribution is -2.41. The van der Waals surface area contributed by atoms with Gasteiger partial charge in [0.25, 0.3) is 0 Å². The molecule has 4 N–H and O–H groups in total. The number of rotatable bonds is 9. The highest BCUT2D eigenvalue weighted by atomic mass is 32.2. The van der Waals surface area contributed by atoms with E-state index in [1.165, 1.54) is 17.7 Å². The molecule has 0 spiro atoms. The monoisotopic (exact) mass is 523 g/mol. The van der Waals surface area contributed by atoms with Crippen molar-refractivity contribution in [1.29, 1.82) is 0 Å². The lowest BCUT2D eigenvalue weighted by atomic mass is 9.85. The van der Waals surface area contributed by atoms with Crippen molar-refractivity contribution in [3.63, 3.8) is 0 Å². The van der Waals surface area contributed by atoms with Crippen LogP contribution in [0.4, 0.5) is 4.39 Å². The van der Waals surface area contributed by atoms with Crippen molar-refractivity contribution in [1.82, 2.24) is 10.0 Å². The van der Waals surface area contributed by atoms with Gasteiger partial charge in [0.05, 0.1) is 10.9 Å². The summed E-state index contributed by atoms with van der Waals surface area (Å²) < 4.78 is 41.9. The number of hydrogen-bond acceptors (Lipinski definition) is 4. The second-order valence-corrected chi connectivity index (χ2v) is 11.4. The molecular formula is C29H34FN3O3S. The van der Waals surface area contributed by atoms with Crippen molar-refractivity contribution in [3.05, 3.63) is 89.7 Å². The molecule has 1 aliphatic rings. The Labute approximate surface area is 218 Å². The zero-order valence-electron chi connectivity index (χ0n) is 21.0. The van der Waals surface area contributed by atoms with Crippen molar-refractivity contribution < 1.29 is 17.6 Å². The molecule has 3 aromatic rings. The molecule has 0 saturated heterocycles. The van der Waals surface area contributed by atoms with Crippen LogP contribution in [0.1, 0.15) is 49.8 Å². The molecular weight excluding hydrogens is 489 g/mol. The highest BCUT2D eigenvalue weighted by Crippen LogP contribution is 2.27. The number of benzene rings is 3. The lowest BCUT2D eigenvalue weighted by molar-refractivity contribution is -0.126. The first kappa shape index (κ1) is 27.0. The minimum absolute atomic E-state index is 0.0511. The Kier molecular flexibility index (Phi) is 8.74. The molecule has 6 nitrogen and oxygen atoms in total. The fourth-order valence-electron chi connectivity index (χ4n) is 4.78. The molecule has 1 fully saturated rings. The van der Waals surface area contributed by atoms with Crippen LogP contribution in [0.25, 0.3) is 11.1 Å². The summed E-state index contributed by atoms with van der Waals surface area (Å²) in [5, 5.41) is 3.00. The van der Waals surface area contributed by atoms with E-state index in [9.17, 15) is 17.6 Å². The molecule has 0 radical (unpaired) electrons. The summed E-state index contributed by atoms with van der Waals surface area (Å²) in [6, 6.07) is 20.6. The van der Waals surface area contributed by atoms with Crippen molar-refractivity contribution in [2.24, 2.45) is 11.7 Å². The van der Waals surface area contributed by atoms with Crippen LogP contribution in [-0.4, -0.2) is 26.9 Å². The van der Waals surface area contributed by atoms with Gasteiger partial charge in [-0.15, -0.1) is 0 Å². The Hall–Kier alpha value is -3.07. The number of nitrogens with two attached hydrogens (primary N) is 1. The van der Waals surface area contributed by atoms with Gasteiger partial charge in [0, 0.05) is 12.0 Å². The number of carbonyl (C=O) groups is 1. The zero-order valence-corrected chi connectivity index (χ0v) is 21.8. The maximum absolute atomic E-state index is 13.1. The summed E-state index contributed by atoms with van der Waals surface area (Å²) in [6.45, 7) is 2.47.